The molecule has 1 aliphatic carbocycles. The van der Waals surface area contributed by atoms with Crippen LogP contribution < -0.4 is 5.32 Å². The third-order valence-corrected chi connectivity index (χ3v) is 2.81. The lowest BCUT2D eigenvalue weighted by Crippen LogP contribution is -2.16. The first kappa shape index (κ1) is 11.3. The molecule has 0 atom stereocenters. The van der Waals surface area contributed by atoms with E-state index in [1.54, 1.807) is 6.92 Å². The summed E-state index contributed by atoms with van der Waals surface area (Å²) >= 11 is 0. The van der Waals surface area contributed by atoms with Crippen molar-refractivity contribution in [2.75, 3.05) is 6.54 Å². The smallest absolute Gasteiger partial charge is 0.126 e. The summed E-state index contributed by atoms with van der Waals surface area (Å²) in [5.74, 6) is -0.132. The molecule has 2 rings (SSSR count). The first-order valence-electron chi connectivity index (χ1n) is 5.92. The predicted octanol–water partition coefficient (Wildman–Crippen LogP) is 3.29. The van der Waals surface area contributed by atoms with Gasteiger partial charge < -0.3 is 5.32 Å². The van der Waals surface area contributed by atoms with Crippen LogP contribution in [0.15, 0.2) is 24.3 Å². The van der Waals surface area contributed by atoms with E-state index in [2.05, 4.69) is 17.5 Å². The fraction of sp³-hybridized carbons (Fsp3) is 0.429. The highest BCUT2D eigenvalue weighted by molar-refractivity contribution is 5.50. The predicted molar refractivity (Wildman–Crippen MR) is 65.8 cm³/mol. The molecule has 1 aromatic rings. The highest BCUT2D eigenvalue weighted by atomic mass is 19.1. The van der Waals surface area contributed by atoms with Crippen molar-refractivity contribution < 1.29 is 4.39 Å². The van der Waals surface area contributed by atoms with Crippen LogP contribution in [0.4, 0.5) is 4.39 Å². The van der Waals surface area contributed by atoms with Crippen LogP contribution in [0.3, 0.4) is 0 Å². The van der Waals surface area contributed by atoms with Gasteiger partial charge in [-0.05, 0) is 56.0 Å². The summed E-state index contributed by atoms with van der Waals surface area (Å²) in [6.07, 6.45) is 7.90. The van der Waals surface area contributed by atoms with Gasteiger partial charge in [0, 0.05) is 6.04 Å². The summed E-state index contributed by atoms with van der Waals surface area (Å²) in [5, 5.41) is 3.45. The maximum Gasteiger partial charge on any atom is 0.126 e. The summed E-state index contributed by atoms with van der Waals surface area (Å²) in [4.78, 5) is 0. The van der Waals surface area contributed by atoms with E-state index in [0.29, 0.717) is 5.56 Å². The summed E-state index contributed by atoms with van der Waals surface area (Å²) < 4.78 is 13.0. The molecule has 1 aromatic carbocycles. The molecule has 86 valence electrons. The quantitative estimate of drug-likeness (QED) is 0.749. The minimum absolute atomic E-state index is 0.132. The number of aryl methyl sites for hydroxylation is 1. The van der Waals surface area contributed by atoms with E-state index in [-0.39, 0.29) is 5.82 Å². The molecule has 0 aliphatic heterocycles. The summed E-state index contributed by atoms with van der Waals surface area (Å²) in [7, 11) is 0. The van der Waals surface area contributed by atoms with Gasteiger partial charge >= 0.3 is 0 Å². The molecule has 2 heteroatoms. The van der Waals surface area contributed by atoms with Crippen LogP contribution in [0.2, 0.25) is 0 Å². The average molecular weight is 219 g/mol. The highest BCUT2D eigenvalue weighted by Crippen LogP contribution is 2.18. The number of hydrogen-bond acceptors (Lipinski definition) is 1. The molecule has 1 saturated carbocycles. The zero-order valence-electron chi connectivity index (χ0n) is 9.67. The molecule has 0 aromatic heterocycles. The van der Waals surface area contributed by atoms with Crippen molar-refractivity contribution in [2.45, 2.75) is 32.2 Å². The fourth-order valence-corrected chi connectivity index (χ4v) is 1.65. The van der Waals surface area contributed by atoms with E-state index in [1.807, 2.05) is 12.1 Å². The monoisotopic (exact) mass is 219 g/mol. The molecule has 0 heterocycles. The van der Waals surface area contributed by atoms with Crippen LogP contribution in [-0.4, -0.2) is 12.6 Å². The van der Waals surface area contributed by atoms with Gasteiger partial charge in [0.2, 0.25) is 0 Å². The Morgan fingerprint density at radius 1 is 1.44 bits per heavy atom. The van der Waals surface area contributed by atoms with Crippen LogP contribution in [0.25, 0.3) is 6.08 Å². The topological polar surface area (TPSA) is 12.0 Å². The first-order valence-corrected chi connectivity index (χ1v) is 5.92. The Hall–Kier alpha value is -1.15. The van der Waals surface area contributed by atoms with Gasteiger partial charge in [-0.25, -0.2) is 4.39 Å². The van der Waals surface area contributed by atoms with Crippen LogP contribution in [0.5, 0.6) is 0 Å². The molecule has 0 spiro atoms. The lowest BCUT2D eigenvalue weighted by atomic mass is 10.1. The molecule has 1 nitrogen and oxygen atoms in total. The van der Waals surface area contributed by atoms with Crippen LogP contribution >= 0.6 is 0 Å². The Bertz CT molecular complexity index is 380. The normalized spacial score (nSPS) is 15.9. The maximum absolute atomic E-state index is 13.0. The first-order chi connectivity index (χ1) is 7.75. The van der Waals surface area contributed by atoms with Crippen LogP contribution in [0, 0.1) is 12.7 Å². The van der Waals surface area contributed by atoms with Gasteiger partial charge in [-0.2, -0.15) is 0 Å². The van der Waals surface area contributed by atoms with Crippen molar-refractivity contribution in [2.24, 2.45) is 0 Å². The van der Waals surface area contributed by atoms with Gasteiger partial charge in [0.25, 0.3) is 0 Å². The van der Waals surface area contributed by atoms with Gasteiger partial charge in [-0.15, -0.1) is 0 Å². The SMILES string of the molecule is Cc1cc(C=CCCNC2CC2)ccc1F. The fourth-order valence-electron chi connectivity index (χ4n) is 1.65. The van der Waals surface area contributed by atoms with Crippen molar-refractivity contribution >= 4 is 6.08 Å². The maximum atomic E-state index is 13.0. The Morgan fingerprint density at radius 3 is 2.94 bits per heavy atom. The molecular weight excluding hydrogens is 201 g/mol. The highest BCUT2D eigenvalue weighted by Gasteiger charge is 2.19. The Labute approximate surface area is 96.4 Å². The Morgan fingerprint density at radius 2 is 2.25 bits per heavy atom. The van der Waals surface area contributed by atoms with Crippen LogP contribution in [-0.2, 0) is 0 Å². The van der Waals surface area contributed by atoms with E-state index >= 15 is 0 Å². The number of halogens is 1. The van der Waals surface area contributed by atoms with E-state index < -0.39 is 0 Å². The number of nitrogens with one attached hydrogen (secondary N) is 1. The zero-order chi connectivity index (χ0) is 11.4. The minimum Gasteiger partial charge on any atom is -0.314 e. The van der Waals surface area contributed by atoms with Crippen molar-refractivity contribution in [1.82, 2.24) is 5.32 Å². The lowest BCUT2D eigenvalue weighted by Gasteiger charge is -1.99. The van der Waals surface area contributed by atoms with Crippen molar-refractivity contribution in [1.29, 1.82) is 0 Å². The second-order valence-electron chi connectivity index (χ2n) is 4.43. The minimum atomic E-state index is -0.132. The molecule has 0 radical (unpaired) electrons. The molecule has 0 bridgehead atoms. The Kier molecular flexibility index (Phi) is 3.73. The molecule has 0 unspecified atom stereocenters. The second kappa shape index (κ2) is 5.26. The zero-order valence-corrected chi connectivity index (χ0v) is 9.67. The molecule has 0 saturated heterocycles. The van der Waals surface area contributed by atoms with Gasteiger partial charge in [-0.3, -0.25) is 0 Å². The third-order valence-electron chi connectivity index (χ3n) is 2.81. The van der Waals surface area contributed by atoms with Crippen molar-refractivity contribution in [3.63, 3.8) is 0 Å². The Balaban J connectivity index is 1.77. The molecule has 1 N–H and O–H groups in total. The second-order valence-corrected chi connectivity index (χ2v) is 4.43. The van der Waals surface area contributed by atoms with E-state index in [4.69, 9.17) is 0 Å². The van der Waals surface area contributed by atoms with Gasteiger partial charge in [0.1, 0.15) is 5.82 Å². The van der Waals surface area contributed by atoms with Crippen molar-refractivity contribution in [3.8, 4) is 0 Å². The van der Waals surface area contributed by atoms with E-state index in [0.717, 1.165) is 24.6 Å². The summed E-state index contributed by atoms with van der Waals surface area (Å²) in [5.41, 5.74) is 1.78. The average Bonchev–Trinajstić information content (AvgIpc) is 3.07. The van der Waals surface area contributed by atoms with Crippen LogP contribution in [0.1, 0.15) is 30.4 Å². The number of hydrogen-bond donors (Lipinski definition) is 1. The van der Waals surface area contributed by atoms with E-state index in [9.17, 15) is 4.39 Å². The number of benzene rings is 1. The van der Waals surface area contributed by atoms with Gasteiger partial charge in [0.15, 0.2) is 0 Å². The molecule has 16 heavy (non-hydrogen) atoms. The number of rotatable bonds is 5. The van der Waals surface area contributed by atoms with E-state index in [1.165, 1.54) is 18.9 Å². The molecular formula is C14H18FN. The third kappa shape index (κ3) is 3.46. The standard InChI is InChI=1S/C14H18FN/c1-11-10-12(5-8-14(11)15)4-2-3-9-16-13-6-7-13/h2,4-5,8,10,13,16H,3,6-7,9H2,1H3. The largest absolute Gasteiger partial charge is 0.314 e. The lowest BCUT2D eigenvalue weighted by molar-refractivity contribution is 0.618. The van der Waals surface area contributed by atoms with Crippen molar-refractivity contribution in [3.05, 3.63) is 41.2 Å². The molecule has 1 fully saturated rings. The summed E-state index contributed by atoms with van der Waals surface area (Å²) in [6, 6.07) is 5.99. The van der Waals surface area contributed by atoms with Gasteiger partial charge in [-0.1, -0.05) is 18.2 Å². The van der Waals surface area contributed by atoms with Gasteiger partial charge in [0.05, 0.1) is 0 Å². The summed E-state index contributed by atoms with van der Waals surface area (Å²) in [6.45, 7) is 2.84. The molecule has 1 aliphatic rings. The molecule has 0 amide bonds.